The quantitative estimate of drug-likeness (QED) is 0.757. The van der Waals surface area contributed by atoms with Crippen LogP contribution in [0.25, 0.3) is 0 Å². The first-order valence-electron chi connectivity index (χ1n) is 7.13. The summed E-state index contributed by atoms with van der Waals surface area (Å²) in [7, 11) is 0. The summed E-state index contributed by atoms with van der Waals surface area (Å²) in [6.07, 6.45) is -7.29. The zero-order valence-corrected chi connectivity index (χ0v) is 13.4. The van der Waals surface area contributed by atoms with Gasteiger partial charge in [-0.1, -0.05) is 32.0 Å². The fraction of sp³-hybridized carbons (Fsp3) is 0.562. The maximum atomic E-state index is 12.9. The van der Waals surface area contributed by atoms with Gasteiger partial charge < -0.3 is 5.32 Å². The molecule has 0 bridgehead atoms. The molecular formula is C16H20F5NO. The molecule has 1 amide bonds. The highest BCUT2D eigenvalue weighted by atomic mass is 19.4. The van der Waals surface area contributed by atoms with Gasteiger partial charge in [-0.25, -0.2) is 8.78 Å². The topological polar surface area (TPSA) is 29.1 Å². The van der Waals surface area contributed by atoms with Crippen LogP contribution in [0, 0.1) is 5.41 Å². The fourth-order valence-electron chi connectivity index (χ4n) is 1.96. The Kier molecular flexibility index (Phi) is 5.77. The number of alkyl halides is 5. The van der Waals surface area contributed by atoms with Gasteiger partial charge in [0.15, 0.2) is 0 Å². The van der Waals surface area contributed by atoms with Crippen molar-refractivity contribution in [3.63, 3.8) is 0 Å². The Labute approximate surface area is 132 Å². The van der Waals surface area contributed by atoms with Gasteiger partial charge in [-0.05, 0) is 30.9 Å². The summed E-state index contributed by atoms with van der Waals surface area (Å²) in [5.74, 6) is -1.32. The first kappa shape index (κ1) is 19.4. The number of rotatable bonds is 5. The first-order chi connectivity index (χ1) is 10.4. The second kappa shape index (κ2) is 6.84. The van der Waals surface area contributed by atoms with Crippen molar-refractivity contribution < 1.29 is 26.7 Å². The van der Waals surface area contributed by atoms with Crippen molar-refractivity contribution in [3.8, 4) is 0 Å². The van der Waals surface area contributed by atoms with E-state index in [4.69, 9.17) is 0 Å². The van der Waals surface area contributed by atoms with Gasteiger partial charge in [0.25, 0.3) is 6.43 Å². The van der Waals surface area contributed by atoms with Crippen LogP contribution in [0.2, 0.25) is 0 Å². The maximum absolute atomic E-state index is 12.9. The molecule has 130 valence electrons. The van der Waals surface area contributed by atoms with E-state index in [9.17, 15) is 26.7 Å². The second-order valence-corrected chi connectivity index (χ2v) is 6.22. The second-order valence-electron chi connectivity index (χ2n) is 6.22. The molecule has 2 nitrogen and oxygen atoms in total. The lowest BCUT2D eigenvalue weighted by Crippen LogP contribution is -2.46. The molecule has 0 fully saturated rings. The molecular weight excluding hydrogens is 317 g/mol. The fourth-order valence-corrected chi connectivity index (χ4v) is 1.96. The SMILES string of the molecule is CC(C)c1cc(CNC(=O)C(C)(C)C(F)(F)F)ccc1C(F)F. The third-order valence-electron chi connectivity index (χ3n) is 3.74. The monoisotopic (exact) mass is 337 g/mol. The number of amides is 1. The highest BCUT2D eigenvalue weighted by Gasteiger charge is 2.52. The van der Waals surface area contributed by atoms with E-state index in [1.165, 1.54) is 18.2 Å². The number of benzene rings is 1. The molecule has 0 aliphatic carbocycles. The van der Waals surface area contributed by atoms with Crippen molar-refractivity contribution in [1.29, 1.82) is 0 Å². The number of nitrogens with one attached hydrogen (secondary N) is 1. The van der Waals surface area contributed by atoms with Crippen LogP contribution in [0.3, 0.4) is 0 Å². The minimum atomic E-state index is -4.67. The molecule has 0 unspecified atom stereocenters. The summed E-state index contributed by atoms with van der Waals surface area (Å²) in [5.41, 5.74) is -1.73. The van der Waals surface area contributed by atoms with Crippen LogP contribution in [0.5, 0.6) is 0 Å². The predicted molar refractivity (Wildman–Crippen MR) is 77.2 cm³/mol. The highest BCUT2D eigenvalue weighted by molar-refractivity contribution is 5.82. The van der Waals surface area contributed by atoms with Gasteiger partial charge >= 0.3 is 6.18 Å². The van der Waals surface area contributed by atoms with Gasteiger partial charge in [-0.15, -0.1) is 0 Å². The van der Waals surface area contributed by atoms with Gasteiger partial charge in [0.2, 0.25) is 5.91 Å². The van der Waals surface area contributed by atoms with E-state index in [2.05, 4.69) is 5.32 Å². The largest absolute Gasteiger partial charge is 0.402 e. The number of carbonyl (C=O) groups is 1. The molecule has 1 rings (SSSR count). The van der Waals surface area contributed by atoms with Crippen molar-refractivity contribution in [1.82, 2.24) is 5.32 Å². The lowest BCUT2D eigenvalue weighted by atomic mass is 9.91. The molecule has 1 aromatic rings. The van der Waals surface area contributed by atoms with E-state index in [0.717, 1.165) is 13.8 Å². The van der Waals surface area contributed by atoms with Crippen LogP contribution in [-0.2, 0) is 11.3 Å². The van der Waals surface area contributed by atoms with E-state index >= 15 is 0 Å². The smallest absolute Gasteiger partial charge is 0.351 e. The summed E-state index contributed by atoms with van der Waals surface area (Å²) >= 11 is 0. The van der Waals surface area contributed by atoms with E-state index in [1.807, 2.05) is 0 Å². The van der Waals surface area contributed by atoms with E-state index < -0.39 is 23.9 Å². The average Bonchev–Trinajstić information content (AvgIpc) is 2.42. The lowest BCUT2D eigenvalue weighted by molar-refractivity contribution is -0.211. The Morgan fingerprint density at radius 2 is 1.70 bits per heavy atom. The summed E-state index contributed by atoms with van der Waals surface area (Å²) in [5, 5.41) is 2.21. The standard InChI is InChI=1S/C16H20F5NO/c1-9(2)12-7-10(5-6-11(12)13(17)18)8-22-14(23)15(3,4)16(19,20)21/h5-7,9,13H,8H2,1-4H3,(H,22,23). The Hall–Kier alpha value is -1.66. The van der Waals surface area contributed by atoms with E-state index in [0.29, 0.717) is 11.1 Å². The minimum absolute atomic E-state index is 0.106. The third-order valence-corrected chi connectivity index (χ3v) is 3.74. The van der Waals surface area contributed by atoms with Crippen LogP contribution >= 0.6 is 0 Å². The van der Waals surface area contributed by atoms with Crippen molar-refractivity contribution in [2.24, 2.45) is 5.41 Å². The Bertz CT molecular complexity index is 564. The first-order valence-corrected chi connectivity index (χ1v) is 7.13. The molecule has 1 aromatic carbocycles. The summed E-state index contributed by atoms with van der Waals surface area (Å²) < 4.78 is 64.2. The Morgan fingerprint density at radius 1 is 1.13 bits per heavy atom. The molecule has 0 aromatic heterocycles. The third kappa shape index (κ3) is 4.42. The van der Waals surface area contributed by atoms with Gasteiger partial charge in [0.05, 0.1) is 0 Å². The zero-order valence-electron chi connectivity index (χ0n) is 13.4. The molecule has 0 aliphatic heterocycles. The lowest BCUT2D eigenvalue weighted by Gasteiger charge is -2.26. The van der Waals surface area contributed by atoms with Crippen molar-refractivity contribution >= 4 is 5.91 Å². The van der Waals surface area contributed by atoms with Gasteiger partial charge in [0.1, 0.15) is 5.41 Å². The molecule has 0 saturated heterocycles. The Morgan fingerprint density at radius 3 is 2.13 bits per heavy atom. The summed E-state index contributed by atoms with van der Waals surface area (Å²) in [4.78, 5) is 11.7. The van der Waals surface area contributed by atoms with Crippen molar-refractivity contribution in [2.75, 3.05) is 0 Å². The van der Waals surface area contributed by atoms with Crippen LogP contribution in [0.15, 0.2) is 18.2 Å². The van der Waals surface area contributed by atoms with Crippen molar-refractivity contribution in [2.45, 2.75) is 52.8 Å². The average molecular weight is 337 g/mol. The van der Waals surface area contributed by atoms with Crippen LogP contribution < -0.4 is 5.32 Å². The van der Waals surface area contributed by atoms with Crippen LogP contribution in [0.1, 0.15) is 56.7 Å². The molecule has 1 N–H and O–H groups in total. The number of hydrogen-bond acceptors (Lipinski definition) is 1. The number of halogens is 5. The molecule has 0 atom stereocenters. The van der Waals surface area contributed by atoms with E-state index in [1.54, 1.807) is 13.8 Å². The zero-order chi connectivity index (χ0) is 18.0. The molecule has 23 heavy (non-hydrogen) atoms. The molecule has 0 spiro atoms. The summed E-state index contributed by atoms with van der Waals surface area (Å²) in [6, 6.07) is 4.12. The number of hydrogen-bond donors (Lipinski definition) is 1. The summed E-state index contributed by atoms with van der Waals surface area (Å²) in [6.45, 7) is 4.93. The Balaban J connectivity index is 2.91. The molecule has 0 aliphatic rings. The van der Waals surface area contributed by atoms with Gasteiger partial charge in [-0.2, -0.15) is 13.2 Å². The van der Waals surface area contributed by atoms with Crippen LogP contribution in [0.4, 0.5) is 22.0 Å². The van der Waals surface area contributed by atoms with E-state index in [-0.39, 0.29) is 18.0 Å². The van der Waals surface area contributed by atoms with Crippen molar-refractivity contribution in [3.05, 3.63) is 34.9 Å². The minimum Gasteiger partial charge on any atom is -0.351 e. The maximum Gasteiger partial charge on any atom is 0.402 e. The van der Waals surface area contributed by atoms with Gasteiger partial charge in [-0.3, -0.25) is 4.79 Å². The van der Waals surface area contributed by atoms with Crippen LogP contribution in [-0.4, -0.2) is 12.1 Å². The molecule has 0 heterocycles. The predicted octanol–water partition coefficient (Wildman–Crippen LogP) is 4.95. The number of carbonyl (C=O) groups excluding carboxylic acids is 1. The molecule has 0 radical (unpaired) electrons. The highest BCUT2D eigenvalue weighted by Crippen LogP contribution is 2.37. The van der Waals surface area contributed by atoms with Gasteiger partial charge in [0, 0.05) is 12.1 Å². The molecule has 7 heteroatoms. The molecule has 0 saturated carbocycles. The normalized spacial score (nSPS) is 12.8.